The number of ether oxygens (including phenoxy) is 1. The molecule has 9 nitrogen and oxygen atoms in total. The molecule has 0 aromatic rings. The van der Waals surface area contributed by atoms with Gasteiger partial charge in [0.15, 0.2) is 0 Å². The fourth-order valence-corrected chi connectivity index (χ4v) is 7.55. The fraction of sp³-hybridized carbons (Fsp3) is 0.871. The minimum absolute atomic E-state index is 0.0491. The van der Waals surface area contributed by atoms with Gasteiger partial charge in [0.25, 0.3) is 0 Å². The van der Waals surface area contributed by atoms with Gasteiger partial charge in [-0.05, 0) is 56.8 Å². The van der Waals surface area contributed by atoms with Crippen LogP contribution in [0.1, 0.15) is 85.5 Å². The van der Waals surface area contributed by atoms with Gasteiger partial charge >= 0.3 is 0 Å². The number of likely N-dealkylation sites (tertiary alicyclic amines) is 3. The average Bonchev–Trinajstić information content (AvgIpc) is 3.37. The van der Waals surface area contributed by atoms with Crippen molar-refractivity contribution in [1.82, 2.24) is 20.0 Å². The highest BCUT2D eigenvalue weighted by atomic mass is 16.5. The predicted octanol–water partition coefficient (Wildman–Crippen LogP) is 2.82. The molecule has 1 spiro atoms. The second kappa shape index (κ2) is 11.6. The molecule has 0 aromatic heterocycles. The average molecular weight is 559 g/mol. The van der Waals surface area contributed by atoms with Gasteiger partial charge in [-0.3, -0.25) is 19.2 Å². The Hall–Kier alpha value is -2.16. The Morgan fingerprint density at radius 1 is 0.875 bits per heavy atom. The van der Waals surface area contributed by atoms with Crippen LogP contribution in [0.2, 0.25) is 0 Å². The highest BCUT2D eigenvalue weighted by molar-refractivity contribution is 5.91. The quantitative estimate of drug-likeness (QED) is 0.494. The topological polar surface area (TPSA) is 99.3 Å². The molecule has 5 aliphatic rings. The van der Waals surface area contributed by atoms with Crippen molar-refractivity contribution in [3.8, 4) is 0 Å². The molecule has 5 fully saturated rings. The molecule has 3 saturated heterocycles. The molecule has 0 aromatic carbocycles. The van der Waals surface area contributed by atoms with Crippen molar-refractivity contribution in [3.63, 3.8) is 0 Å². The summed E-state index contributed by atoms with van der Waals surface area (Å²) in [6.07, 6.45) is 9.57. The second-order valence-electron chi connectivity index (χ2n) is 14.2. The zero-order valence-electron chi connectivity index (χ0n) is 25.1. The highest BCUT2D eigenvalue weighted by Crippen LogP contribution is 2.54. The van der Waals surface area contributed by atoms with Gasteiger partial charge in [-0.25, -0.2) is 0 Å². The summed E-state index contributed by atoms with van der Waals surface area (Å²) in [5.74, 6) is -0.0696. The number of nitrogens with zero attached hydrogens (tertiary/aromatic N) is 3. The molecule has 3 aliphatic heterocycles. The third-order valence-corrected chi connectivity index (χ3v) is 10.6. The lowest BCUT2D eigenvalue weighted by atomic mass is 9.70. The lowest BCUT2D eigenvalue weighted by Crippen LogP contribution is -2.65. The molecule has 0 radical (unpaired) electrons. The molecule has 4 atom stereocenters. The van der Waals surface area contributed by atoms with Gasteiger partial charge in [-0.2, -0.15) is 0 Å². The summed E-state index contributed by atoms with van der Waals surface area (Å²) in [6, 6.07) is -0.761. The van der Waals surface area contributed by atoms with Crippen molar-refractivity contribution < 1.29 is 23.9 Å². The Bertz CT molecular complexity index is 980. The summed E-state index contributed by atoms with van der Waals surface area (Å²) < 4.78 is 6.29. The highest BCUT2D eigenvalue weighted by Gasteiger charge is 2.61. The molecule has 1 N–H and O–H groups in total. The molecule has 2 saturated carbocycles. The predicted molar refractivity (Wildman–Crippen MR) is 151 cm³/mol. The molecule has 5 rings (SSSR count). The Kier molecular flexibility index (Phi) is 8.52. The van der Waals surface area contributed by atoms with Gasteiger partial charge in [-0.1, -0.05) is 33.1 Å². The van der Waals surface area contributed by atoms with Crippen molar-refractivity contribution in [3.05, 3.63) is 0 Å². The van der Waals surface area contributed by atoms with E-state index in [-0.39, 0.29) is 35.0 Å². The molecule has 0 bridgehead atoms. The lowest BCUT2D eigenvalue weighted by Gasteiger charge is -2.50. The van der Waals surface area contributed by atoms with E-state index in [2.05, 4.69) is 19.2 Å². The van der Waals surface area contributed by atoms with Crippen LogP contribution in [0.25, 0.3) is 0 Å². The van der Waals surface area contributed by atoms with Crippen molar-refractivity contribution in [2.24, 2.45) is 28.6 Å². The monoisotopic (exact) mass is 558 g/mol. The first-order valence-electron chi connectivity index (χ1n) is 15.8. The van der Waals surface area contributed by atoms with Gasteiger partial charge in [0.1, 0.15) is 6.04 Å². The Balaban J connectivity index is 1.28. The van der Waals surface area contributed by atoms with Crippen LogP contribution >= 0.6 is 0 Å². The van der Waals surface area contributed by atoms with E-state index in [0.29, 0.717) is 51.8 Å². The number of rotatable bonds is 8. The standard InChI is InChI=1S/C31H50N4O5/c1-21(40-17-23-11-7-5-8-12-23)26(29(39)33-13-9-6-10-14-33)32-27(37)25-16-34(22(2)36)18-31(25)19-35(20-31)28(38)24-15-30(24,3)4/h21,23-26H,5-20H2,1-4H3,(H,32,37)/t21-,24-,25+,26+/m1/s1. The third kappa shape index (κ3) is 6.04. The smallest absolute Gasteiger partial charge is 0.247 e. The second-order valence-corrected chi connectivity index (χ2v) is 14.2. The van der Waals surface area contributed by atoms with Crippen molar-refractivity contribution in [1.29, 1.82) is 0 Å². The number of nitrogens with one attached hydrogen (secondary N) is 1. The van der Waals surface area contributed by atoms with Crippen molar-refractivity contribution in [2.75, 3.05) is 45.9 Å². The Labute approximate surface area is 239 Å². The van der Waals surface area contributed by atoms with Gasteiger partial charge in [0.2, 0.25) is 23.6 Å². The molecule has 4 amide bonds. The normalized spacial score (nSPS) is 29.1. The first-order chi connectivity index (χ1) is 19.0. The summed E-state index contributed by atoms with van der Waals surface area (Å²) in [4.78, 5) is 58.6. The maximum absolute atomic E-state index is 14.0. The number of hydrogen-bond acceptors (Lipinski definition) is 5. The van der Waals surface area contributed by atoms with Crippen LogP contribution in [0.15, 0.2) is 0 Å². The minimum atomic E-state index is -0.761. The molecule has 40 heavy (non-hydrogen) atoms. The summed E-state index contributed by atoms with van der Waals surface area (Å²) >= 11 is 0. The Morgan fingerprint density at radius 2 is 1.48 bits per heavy atom. The van der Waals surface area contributed by atoms with E-state index in [0.717, 1.165) is 38.5 Å². The number of piperidine rings is 1. The van der Waals surface area contributed by atoms with Crippen LogP contribution in [0.3, 0.4) is 0 Å². The van der Waals surface area contributed by atoms with E-state index in [1.54, 1.807) is 4.90 Å². The number of hydrogen-bond donors (Lipinski definition) is 1. The first-order valence-corrected chi connectivity index (χ1v) is 15.8. The zero-order valence-corrected chi connectivity index (χ0v) is 25.1. The molecule has 0 unspecified atom stereocenters. The van der Waals surface area contributed by atoms with Crippen molar-refractivity contribution in [2.45, 2.75) is 97.6 Å². The van der Waals surface area contributed by atoms with Crippen LogP contribution in [-0.2, 0) is 23.9 Å². The molecule has 224 valence electrons. The van der Waals surface area contributed by atoms with Crippen LogP contribution in [0, 0.1) is 28.6 Å². The molecular weight excluding hydrogens is 508 g/mol. The van der Waals surface area contributed by atoms with E-state index in [1.165, 1.54) is 26.2 Å². The van der Waals surface area contributed by atoms with Crippen LogP contribution < -0.4 is 5.32 Å². The largest absolute Gasteiger partial charge is 0.376 e. The lowest BCUT2D eigenvalue weighted by molar-refractivity contribution is -0.153. The molecular formula is C31H50N4O5. The summed E-state index contributed by atoms with van der Waals surface area (Å²) in [6.45, 7) is 11.5. The minimum Gasteiger partial charge on any atom is -0.376 e. The summed E-state index contributed by atoms with van der Waals surface area (Å²) in [5, 5.41) is 3.12. The summed E-state index contributed by atoms with van der Waals surface area (Å²) in [5.41, 5.74) is -0.414. The van der Waals surface area contributed by atoms with Crippen molar-refractivity contribution >= 4 is 23.6 Å². The van der Waals surface area contributed by atoms with E-state index < -0.39 is 23.5 Å². The number of amides is 4. The third-order valence-electron chi connectivity index (χ3n) is 10.6. The molecule has 3 heterocycles. The van der Waals surface area contributed by atoms with Gasteiger partial charge in [0, 0.05) is 64.1 Å². The van der Waals surface area contributed by atoms with Gasteiger partial charge in [0.05, 0.1) is 12.0 Å². The van der Waals surface area contributed by atoms with E-state index >= 15 is 0 Å². The van der Waals surface area contributed by atoms with Crippen LogP contribution in [-0.4, -0.2) is 96.3 Å². The maximum Gasteiger partial charge on any atom is 0.247 e. The fourth-order valence-electron chi connectivity index (χ4n) is 7.55. The SMILES string of the molecule is CC(=O)N1C[C@@H](C(=O)N[C@H](C(=O)N2CCCCC2)[C@@H](C)OCC2CCCCC2)C2(C1)CN(C(=O)[C@H]1CC1(C)C)C2. The van der Waals surface area contributed by atoms with Crippen LogP contribution in [0.4, 0.5) is 0 Å². The van der Waals surface area contributed by atoms with Gasteiger partial charge < -0.3 is 24.8 Å². The van der Waals surface area contributed by atoms with E-state index in [9.17, 15) is 19.2 Å². The number of carbonyl (C=O) groups excluding carboxylic acids is 4. The van der Waals surface area contributed by atoms with Gasteiger partial charge in [-0.15, -0.1) is 0 Å². The number of carbonyl (C=O) groups is 4. The van der Waals surface area contributed by atoms with E-state index in [4.69, 9.17) is 4.74 Å². The van der Waals surface area contributed by atoms with E-state index in [1.807, 2.05) is 16.7 Å². The van der Waals surface area contributed by atoms with Crippen LogP contribution in [0.5, 0.6) is 0 Å². The first kappa shape index (κ1) is 29.3. The summed E-state index contributed by atoms with van der Waals surface area (Å²) in [7, 11) is 0. The maximum atomic E-state index is 14.0. The molecule has 9 heteroatoms. The Morgan fingerprint density at radius 3 is 2.08 bits per heavy atom. The zero-order chi connectivity index (χ0) is 28.7. The molecule has 2 aliphatic carbocycles.